The van der Waals surface area contributed by atoms with Gasteiger partial charge in [-0.25, -0.2) is 0 Å². The molecule has 2 aromatic carbocycles. The van der Waals surface area contributed by atoms with Crippen LogP contribution in [0.3, 0.4) is 0 Å². The largest absolute Gasteiger partial charge is 0.416 e. The molecular weight excluding hydrogens is 371 g/mol. The molecule has 1 aromatic heterocycles. The van der Waals surface area contributed by atoms with Gasteiger partial charge < -0.3 is 0 Å². The maximum Gasteiger partial charge on any atom is 0.416 e. The van der Waals surface area contributed by atoms with Crippen molar-refractivity contribution >= 4 is 11.8 Å². The summed E-state index contributed by atoms with van der Waals surface area (Å²) in [6.45, 7) is 6.37. The van der Waals surface area contributed by atoms with Crippen molar-refractivity contribution in [1.82, 2.24) is 14.8 Å². The molecule has 0 aliphatic rings. The number of thioether (sulfide) groups is 1. The quantitative estimate of drug-likeness (QED) is 0.515. The van der Waals surface area contributed by atoms with E-state index in [9.17, 15) is 13.2 Å². The topological polar surface area (TPSA) is 30.7 Å². The molecule has 0 aliphatic carbocycles. The van der Waals surface area contributed by atoms with Gasteiger partial charge in [0.15, 0.2) is 11.0 Å². The van der Waals surface area contributed by atoms with Gasteiger partial charge >= 0.3 is 6.18 Å². The van der Waals surface area contributed by atoms with Gasteiger partial charge in [-0.2, -0.15) is 13.2 Å². The van der Waals surface area contributed by atoms with Crippen molar-refractivity contribution < 1.29 is 13.2 Å². The van der Waals surface area contributed by atoms with Gasteiger partial charge in [0.2, 0.25) is 0 Å². The Morgan fingerprint density at radius 1 is 0.889 bits per heavy atom. The van der Waals surface area contributed by atoms with E-state index in [1.807, 2.05) is 30.5 Å². The smallest absolute Gasteiger partial charge is 0.270 e. The predicted molar refractivity (Wildman–Crippen MR) is 102 cm³/mol. The van der Waals surface area contributed by atoms with Gasteiger partial charge in [-0.15, -0.1) is 10.2 Å². The van der Waals surface area contributed by atoms with Crippen LogP contribution in [0.15, 0.2) is 53.7 Å². The highest BCUT2D eigenvalue weighted by atomic mass is 32.2. The van der Waals surface area contributed by atoms with Gasteiger partial charge in [0.1, 0.15) is 0 Å². The van der Waals surface area contributed by atoms with Gasteiger partial charge in [0, 0.05) is 5.56 Å². The summed E-state index contributed by atoms with van der Waals surface area (Å²) >= 11 is 1.33. The normalized spacial score (nSPS) is 12.4. The highest BCUT2D eigenvalue weighted by Crippen LogP contribution is 2.33. The van der Waals surface area contributed by atoms with Crippen LogP contribution in [0.4, 0.5) is 13.2 Å². The Labute approximate surface area is 160 Å². The Hall–Kier alpha value is -2.28. The third kappa shape index (κ3) is 4.03. The number of benzene rings is 2. The summed E-state index contributed by atoms with van der Waals surface area (Å²) in [7, 11) is 0. The fourth-order valence-electron chi connectivity index (χ4n) is 2.76. The van der Waals surface area contributed by atoms with Crippen molar-refractivity contribution in [2.45, 2.75) is 37.5 Å². The van der Waals surface area contributed by atoms with E-state index in [-0.39, 0.29) is 5.41 Å². The lowest BCUT2D eigenvalue weighted by Crippen LogP contribution is -2.10. The van der Waals surface area contributed by atoms with Crippen molar-refractivity contribution in [3.8, 4) is 17.1 Å². The molecule has 0 atom stereocenters. The molecule has 0 amide bonds. The average molecular weight is 391 g/mol. The molecule has 0 saturated heterocycles. The first-order valence-corrected chi connectivity index (χ1v) is 9.61. The molecule has 3 aromatic rings. The monoisotopic (exact) mass is 391 g/mol. The van der Waals surface area contributed by atoms with E-state index in [4.69, 9.17) is 0 Å². The van der Waals surface area contributed by atoms with Crippen LogP contribution in [0.2, 0.25) is 0 Å². The Morgan fingerprint density at radius 3 is 2.11 bits per heavy atom. The lowest BCUT2D eigenvalue weighted by Gasteiger charge is -2.19. The van der Waals surface area contributed by atoms with Gasteiger partial charge in [0.05, 0.1) is 11.3 Å². The fourth-order valence-corrected chi connectivity index (χ4v) is 3.26. The average Bonchev–Trinajstić information content (AvgIpc) is 3.04. The summed E-state index contributed by atoms with van der Waals surface area (Å²) in [6.07, 6.45) is -2.58. The molecule has 3 rings (SSSR count). The molecule has 0 fully saturated rings. The summed E-state index contributed by atoms with van der Waals surface area (Å²) in [6, 6.07) is 13.1. The van der Waals surface area contributed by atoms with Crippen LogP contribution in [0.25, 0.3) is 17.1 Å². The summed E-state index contributed by atoms with van der Waals surface area (Å²) in [5, 5.41) is 8.90. The molecule has 0 aliphatic heterocycles. The first-order valence-electron chi connectivity index (χ1n) is 8.39. The molecule has 0 saturated carbocycles. The SMILES string of the molecule is CSc1nnc(-c2ccc(C(C)(C)C)cc2)n1-c1cccc(C(F)(F)F)c1. The molecule has 0 spiro atoms. The van der Waals surface area contributed by atoms with Gasteiger partial charge in [-0.05, 0) is 35.4 Å². The third-order valence-corrected chi connectivity index (χ3v) is 4.89. The van der Waals surface area contributed by atoms with Gasteiger partial charge in [0.25, 0.3) is 0 Å². The summed E-state index contributed by atoms with van der Waals surface area (Å²) in [5.41, 5.74) is 1.66. The second-order valence-electron chi connectivity index (χ2n) is 7.22. The van der Waals surface area contributed by atoms with Crippen molar-refractivity contribution in [3.63, 3.8) is 0 Å². The molecule has 0 N–H and O–H groups in total. The van der Waals surface area contributed by atoms with E-state index in [0.717, 1.165) is 17.7 Å². The van der Waals surface area contributed by atoms with Crippen molar-refractivity contribution in [2.75, 3.05) is 6.26 Å². The Balaban J connectivity index is 2.12. The minimum absolute atomic E-state index is 0.0116. The van der Waals surface area contributed by atoms with Crippen molar-refractivity contribution in [3.05, 3.63) is 59.7 Å². The molecule has 27 heavy (non-hydrogen) atoms. The molecule has 1 heterocycles. The van der Waals surface area contributed by atoms with Crippen LogP contribution in [0.5, 0.6) is 0 Å². The molecular formula is C20H20F3N3S. The number of hydrogen-bond acceptors (Lipinski definition) is 3. The second kappa shape index (κ2) is 7.03. The standard InChI is InChI=1S/C20H20F3N3S/c1-19(2,3)14-10-8-13(9-11-14)17-24-25-18(27-4)26(17)16-7-5-6-15(12-16)20(21,22)23/h5-12H,1-4H3. The minimum Gasteiger partial charge on any atom is -0.270 e. The second-order valence-corrected chi connectivity index (χ2v) is 7.99. The number of rotatable bonds is 3. The van der Waals surface area contributed by atoms with E-state index in [0.29, 0.717) is 16.7 Å². The van der Waals surface area contributed by atoms with Crippen LogP contribution >= 0.6 is 11.8 Å². The minimum atomic E-state index is -4.40. The highest BCUT2D eigenvalue weighted by Gasteiger charge is 2.31. The summed E-state index contributed by atoms with van der Waals surface area (Å²) < 4.78 is 41.0. The van der Waals surface area contributed by atoms with Crippen LogP contribution in [0, 0.1) is 0 Å². The number of nitrogens with zero attached hydrogens (tertiary/aromatic N) is 3. The van der Waals surface area contributed by atoms with E-state index in [1.54, 1.807) is 10.6 Å². The van der Waals surface area contributed by atoms with Gasteiger partial charge in [-0.3, -0.25) is 4.57 Å². The van der Waals surface area contributed by atoms with E-state index in [1.165, 1.54) is 23.4 Å². The lowest BCUT2D eigenvalue weighted by atomic mass is 9.87. The molecule has 7 heteroatoms. The van der Waals surface area contributed by atoms with Crippen molar-refractivity contribution in [1.29, 1.82) is 0 Å². The molecule has 0 unspecified atom stereocenters. The first kappa shape index (κ1) is 19.5. The maximum atomic E-state index is 13.1. The lowest BCUT2D eigenvalue weighted by molar-refractivity contribution is -0.137. The number of aromatic nitrogens is 3. The first-order chi connectivity index (χ1) is 12.6. The zero-order valence-corrected chi connectivity index (χ0v) is 16.3. The van der Waals surface area contributed by atoms with Crippen LogP contribution in [-0.4, -0.2) is 21.0 Å². The number of hydrogen-bond donors (Lipinski definition) is 0. The van der Waals surface area contributed by atoms with Crippen LogP contribution < -0.4 is 0 Å². The molecule has 3 nitrogen and oxygen atoms in total. The molecule has 0 bridgehead atoms. The molecule has 0 radical (unpaired) electrons. The fraction of sp³-hybridized carbons (Fsp3) is 0.300. The zero-order valence-electron chi connectivity index (χ0n) is 15.5. The molecule has 142 valence electrons. The third-order valence-electron chi connectivity index (χ3n) is 4.26. The Bertz CT molecular complexity index is 938. The zero-order chi connectivity index (χ0) is 19.8. The predicted octanol–water partition coefficient (Wildman–Crippen LogP) is 5.97. The number of alkyl halides is 3. The summed E-state index contributed by atoms with van der Waals surface area (Å²) in [5.74, 6) is 0.513. The highest BCUT2D eigenvalue weighted by molar-refractivity contribution is 7.98. The summed E-state index contributed by atoms with van der Waals surface area (Å²) in [4.78, 5) is 0. The Morgan fingerprint density at radius 2 is 1.56 bits per heavy atom. The van der Waals surface area contributed by atoms with E-state index < -0.39 is 11.7 Å². The van der Waals surface area contributed by atoms with E-state index >= 15 is 0 Å². The van der Waals surface area contributed by atoms with Crippen molar-refractivity contribution in [2.24, 2.45) is 0 Å². The van der Waals surface area contributed by atoms with Crippen LogP contribution in [-0.2, 0) is 11.6 Å². The van der Waals surface area contributed by atoms with E-state index in [2.05, 4.69) is 31.0 Å². The maximum absolute atomic E-state index is 13.1. The number of halogens is 3. The Kier molecular flexibility index (Phi) is 5.08. The van der Waals surface area contributed by atoms with Crippen LogP contribution in [0.1, 0.15) is 31.9 Å². The van der Waals surface area contributed by atoms with Gasteiger partial charge in [-0.1, -0.05) is 62.9 Å².